The van der Waals surface area contributed by atoms with Crippen molar-refractivity contribution in [2.24, 2.45) is 0 Å². The largest absolute Gasteiger partial charge is 0.493 e. The summed E-state index contributed by atoms with van der Waals surface area (Å²) in [6.07, 6.45) is -8.84. The van der Waals surface area contributed by atoms with Crippen molar-refractivity contribution in [2.45, 2.75) is 50.1 Å². The molecule has 0 heterocycles. The van der Waals surface area contributed by atoms with Gasteiger partial charge in [0.1, 0.15) is 4.90 Å². The van der Waals surface area contributed by atoms with Crippen LogP contribution in [0.5, 0.6) is 11.5 Å². The Morgan fingerprint density at radius 1 is 0.875 bits per heavy atom. The summed E-state index contributed by atoms with van der Waals surface area (Å²) in [5.41, 5.74) is -1.69. The van der Waals surface area contributed by atoms with Gasteiger partial charge in [0.15, 0.2) is 11.5 Å². The van der Waals surface area contributed by atoms with Crippen molar-refractivity contribution in [3.05, 3.63) is 89.0 Å². The first kappa shape index (κ1) is 30.8. The van der Waals surface area contributed by atoms with E-state index < -0.39 is 44.4 Å². The zero-order valence-corrected chi connectivity index (χ0v) is 22.3. The summed E-state index contributed by atoms with van der Waals surface area (Å²) >= 11 is 0. The minimum atomic E-state index is -4.78. The molecule has 0 radical (unpaired) electrons. The van der Waals surface area contributed by atoms with Gasteiger partial charge < -0.3 is 13.8 Å². The molecule has 1 atom stereocenters. The van der Waals surface area contributed by atoms with Crippen LogP contribution in [0, 0.1) is 0 Å². The molecule has 0 saturated carbocycles. The SMILES string of the molecule is CC[C@@H](C)N(Cc1ccc(OC)c(OS(=O)(=O)c2cccc(C(F)(F)F)c2)c1)C(=O)c1ccc(C(F)(F)F)cc1. The molecular formula is C27H25F6NO5S. The van der Waals surface area contributed by atoms with Gasteiger partial charge in [-0.1, -0.05) is 19.1 Å². The number of carbonyl (C=O) groups is 1. The molecule has 0 spiro atoms. The summed E-state index contributed by atoms with van der Waals surface area (Å²) in [6.45, 7) is 3.46. The molecule has 0 N–H and O–H groups in total. The standard InChI is InChI=1S/C27H25F6NO5S/c1-4-17(2)34(25(35)19-9-11-20(12-10-19)26(28,29)30)16-18-8-13-23(38-3)24(14-18)39-40(36,37)22-7-5-6-21(15-22)27(31,32)33/h5-15,17H,4,16H2,1-3H3/t17-/m1/s1. The van der Waals surface area contributed by atoms with Crippen LogP contribution in [0.3, 0.4) is 0 Å². The molecule has 216 valence electrons. The molecule has 0 aromatic heterocycles. The Morgan fingerprint density at radius 2 is 1.50 bits per heavy atom. The third-order valence-electron chi connectivity index (χ3n) is 6.07. The summed E-state index contributed by atoms with van der Waals surface area (Å²) in [5, 5.41) is 0. The fraction of sp³-hybridized carbons (Fsp3) is 0.296. The normalized spacial score (nSPS) is 13.0. The maximum atomic E-state index is 13.2. The molecule has 0 unspecified atom stereocenters. The molecule has 1 amide bonds. The summed E-state index contributed by atoms with van der Waals surface area (Å²) in [6, 6.07) is 10.6. The zero-order chi connectivity index (χ0) is 29.9. The highest BCUT2D eigenvalue weighted by atomic mass is 32.2. The number of carbonyl (C=O) groups excluding carboxylic acids is 1. The van der Waals surface area contributed by atoms with Gasteiger partial charge in [-0.25, -0.2) is 0 Å². The minimum Gasteiger partial charge on any atom is -0.493 e. The molecule has 40 heavy (non-hydrogen) atoms. The number of hydrogen-bond donors (Lipinski definition) is 0. The van der Waals surface area contributed by atoms with Crippen molar-refractivity contribution in [2.75, 3.05) is 7.11 Å². The smallest absolute Gasteiger partial charge is 0.416 e. The van der Waals surface area contributed by atoms with Gasteiger partial charge in [0, 0.05) is 18.2 Å². The van der Waals surface area contributed by atoms with Gasteiger partial charge in [-0.3, -0.25) is 4.79 Å². The fourth-order valence-corrected chi connectivity index (χ4v) is 4.67. The molecule has 3 aromatic rings. The number of alkyl halides is 6. The number of benzene rings is 3. The average molecular weight is 590 g/mol. The lowest BCUT2D eigenvalue weighted by Crippen LogP contribution is -2.37. The lowest BCUT2D eigenvalue weighted by atomic mass is 10.1. The molecular weight excluding hydrogens is 564 g/mol. The van der Waals surface area contributed by atoms with Crippen LogP contribution < -0.4 is 8.92 Å². The van der Waals surface area contributed by atoms with Crippen molar-refractivity contribution in [1.29, 1.82) is 0 Å². The van der Waals surface area contributed by atoms with E-state index >= 15 is 0 Å². The second-order valence-corrected chi connectivity index (χ2v) is 10.4. The number of halogens is 6. The molecule has 0 aliphatic heterocycles. The maximum Gasteiger partial charge on any atom is 0.416 e. The van der Waals surface area contributed by atoms with E-state index in [1.807, 2.05) is 6.92 Å². The molecule has 0 aliphatic rings. The Bertz CT molecular complexity index is 1450. The average Bonchev–Trinajstić information content (AvgIpc) is 2.90. The number of amides is 1. The molecule has 3 aromatic carbocycles. The Hall–Kier alpha value is -3.74. The van der Waals surface area contributed by atoms with Crippen molar-refractivity contribution in [1.82, 2.24) is 4.90 Å². The first-order valence-electron chi connectivity index (χ1n) is 11.8. The van der Waals surface area contributed by atoms with Crippen LogP contribution >= 0.6 is 0 Å². The van der Waals surface area contributed by atoms with Crippen LogP contribution in [0.2, 0.25) is 0 Å². The highest BCUT2D eigenvalue weighted by Crippen LogP contribution is 2.34. The van der Waals surface area contributed by atoms with E-state index in [1.54, 1.807) is 6.92 Å². The van der Waals surface area contributed by atoms with Crippen molar-refractivity contribution >= 4 is 16.0 Å². The Morgan fingerprint density at radius 3 is 2.05 bits per heavy atom. The van der Waals surface area contributed by atoms with Crippen LogP contribution in [-0.4, -0.2) is 32.4 Å². The predicted molar refractivity (Wildman–Crippen MR) is 133 cm³/mol. The number of methoxy groups -OCH3 is 1. The van der Waals surface area contributed by atoms with Crippen LogP contribution in [-0.2, 0) is 29.0 Å². The highest BCUT2D eigenvalue weighted by molar-refractivity contribution is 7.87. The molecule has 13 heteroatoms. The maximum absolute atomic E-state index is 13.2. The monoisotopic (exact) mass is 589 g/mol. The molecule has 0 saturated heterocycles. The van der Waals surface area contributed by atoms with E-state index in [0.29, 0.717) is 18.1 Å². The Balaban J connectivity index is 1.92. The van der Waals surface area contributed by atoms with E-state index in [1.165, 1.54) is 30.2 Å². The van der Waals surface area contributed by atoms with Crippen molar-refractivity contribution in [3.63, 3.8) is 0 Å². The third kappa shape index (κ3) is 7.26. The lowest BCUT2D eigenvalue weighted by Gasteiger charge is -2.29. The van der Waals surface area contributed by atoms with E-state index in [0.717, 1.165) is 42.5 Å². The summed E-state index contributed by atoms with van der Waals surface area (Å²) in [7, 11) is -3.49. The quantitative estimate of drug-likeness (QED) is 0.200. The van der Waals surface area contributed by atoms with Crippen LogP contribution in [0.1, 0.15) is 47.3 Å². The molecule has 0 fully saturated rings. The van der Waals surface area contributed by atoms with Crippen molar-refractivity contribution < 1.29 is 48.5 Å². The lowest BCUT2D eigenvalue weighted by molar-refractivity contribution is -0.138. The molecule has 0 aliphatic carbocycles. The highest BCUT2D eigenvalue weighted by Gasteiger charge is 2.33. The van der Waals surface area contributed by atoms with Crippen molar-refractivity contribution in [3.8, 4) is 11.5 Å². The van der Waals surface area contributed by atoms with E-state index in [-0.39, 0.29) is 29.6 Å². The Kier molecular flexibility index (Phi) is 9.07. The minimum absolute atomic E-state index is 0.0189. The number of rotatable bonds is 9. The second-order valence-electron chi connectivity index (χ2n) is 8.81. The number of ether oxygens (including phenoxy) is 1. The van der Waals surface area contributed by atoms with Gasteiger partial charge in [0.2, 0.25) is 0 Å². The van der Waals surface area contributed by atoms with E-state index in [9.17, 15) is 39.6 Å². The third-order valence-corrected chi connectivity index (χ3v) is 7.30. The van der Waals surface area contributed by atoms with Gasteiger partial charge in [-0.15, -0.1) is 0 Å². The van der Waals surface area contributed by atoms with Gasteiger partial charge in [-0.2, -0.15) is 34.8 Å². The van der Waals surface area contributed by atoms with Crippen LogP contribution in [0.25, 0.3) is 0 Å². The number of nitrogens with zero attached hydrogens (tertiary/aromatic N) is 1. The first-order chi connectivity index (χ1) is 18.6. The topological polar surface area (TPSA) is 72.9 Å². The molecule has 0 bridgehead atoms. The summed E-state index contributed by atoms with van der Waals surface area (Å²) in [4.78, 5) is 13.9. The van der Waals surface area contributed by atoms with Gasteiger partial charge in [-0.05, 0) is 73.5 Å². The number of hydrogen-bond acceptors (Lipinski definition) is 5. The van der Waals surface area contributed by atoms with Gasteiger partial charge >= 0.3 is 22.5 Å². The first-order valence-corrected chi connectivity index (χ1v) is 13.2. The summed E-state index contributed by atoms with van der Waals surface area (Å²) in [5.74, 6) is -0.926. The second kappa shape index (κ2) is 11.8. The van der Waals surface area contributed by atoms with Crippen LogP contribution in [0.15, 0.2) is 71.6 Å². The Labute approximate surface area is 227 Å². The van der Waals surface area contributed by atoms with Gasteiger partial charge in [0.05, 0.1) is 18.2 Å². The molecule has 6 nitrogen and oxygen atoms in total. The predicted octanol–water partition coefficient (Wildman–Crippen LogP) is 6.94. The van der Waals surface area contributed by atoms with Crippen LogP contribution in [0.4, 0.5) is 26.3 Å². The fourth-order valence-electron chi connectivity index (χ4n) is 3.69. The van der Waals surface area contributed by atoms with Gasteiger partial charge in [0.25, 0.3) is 5.91 Å². The zero-order valence-electron chi connectivity index (χ0n) is 21.5. The summed E-state index contributed by atoms with van der Waals surface area (Å²) < 4.78 is 114. The van der Waals surface area contributed by atoms with E-state index in [2.05, 4.69) is 0 Å². The molecule has 3 rings (SSSR count). The van der Waals surface area contributed by atoms with E-state index in [4.69, 9.17) is 8.92 Å².